The second-order valence-corrected chi connectivity index (χ2v) is 5.74. The first-order valence-electron chi connectivity index (χ1n) is 7.70. The summed E-state index contributed by atoms with van der Waals surface area (Å²) in [5.41, 5.74) is 4.00. The van der Waals surface area contributed by atoms with Crippen LogP contribution in [0.15, 0.2) is 70.4 Å². The maximum Gasteiger partial charge on any atom is 0.253 e. The number of carbonyl (C=O) groups is 1. The van der Waals surface area contributed by atoms with Crippen molar-refractivity contribution < 1.29 is 9.21 Å². The van der Waals surface area contributed by atoms with Crippen molar-refractivity contribution in [3.8, 4) is 11.3 Å². The Balaban J connectivity index is 2.06. The van der Waals surface area contributed by atoms with Crippen molar-refractivity contribution in [1.29, 1.82) is 0 Å². The van der Waals surface area contributed by atoms with Gasteiger partial charge in [0.05, 0.1) is 6.26 Å². The van der Waals surface area contributed by atoms with Crippen LogP contribution in [-0.2, 0) is 0 Å². The van der Waals surface area contributed by atoms with E-state index in [1.54, 1.807) is 11.2 Å². The molecule has 0 fully saturated rings. The molecule has 1 amide bonds. The second kappa shape index (κ2) is 7.63. The van der Waals surface area contributed by atoms with Crippen LogP contribution in [-0.4, -0.2) is 24.4 Å². The fraction of sp³-hybridized carbons (Fsp3) is 0.250. The molecule has 0 aliphatic heterocycles. The van der Waals surface area contributed by atoms with Gasteiger partial charge in [0, 0.05) is 24.7 Å². The maximum absolute atomic E-state index is 12.5. The molecule has 2 rings (SSSR count). The first kappa shape index (κ1) is 16.8. The molecule has 23 heavy (non-hydrogen) atoms. The molecule has 3 heteroatoms. The van der Waals surface area contributed by atoms with Gasteiger partial charge in [-0.25, -0.2) is 0 Å². The van der Waals surface area contributed by atoms with Gasteiger partial charge in [-0.3, -0.25) is 4.79 Å². The van der Waals surface area contributed by atoms with E-state index in [1.807, 2.05) is 57.3 Å². The Bertz CT molecular complexity index is 707. The van der Waals surface area contributed by atoms with Crippen LogP contribution < -0.4 is 0 Å². The van der Waals surface area contributed by atoms with E-state index in [-0.39, 0.29) is 5.91 Å². The normalized spacial score (nSPS) is 12.3. The van der Waals surface area contributed by atoms with Crippen LogP contribution in [0.5, 0.6) is 0 Å². The lowest BCUT2D eigenvalue weighted by atomic mass is 10.1. The van der Waals surface area contributed by atoms with E-state index in [1.165, 1.54) is 5.57 Å². The SMILES string of the molecule is CC=C(C)C=C(C)CN(C)C(=O)c1ccc(-c2ccco2)cc1. The molecule has 2 aromatic rings. The topological polar surface area (TPSA) is 33.5 Å². The zero-order valence-corrected chi connectivity index (χ0v) is 14.2. The minimum Gasteiger partial charge on any atom is -0.464 e. The lowest BCUT2D eigenvalue weighted by Gasteiger charge is -2.18. The van der Waals surface area contributed by atoms with Crippen molar-refractivity contribution in [2.45, 2.75) is 20.8 Å². The zero-order valence-electron chi connectivity index (χ0n) is 14.2. The highest BCUT2D eigenvalue weighted by molar-refractivity contribution is 5.94. The second-order valence-electron chi connectivity index (χ2n) is 5.74. The lowest BCUT2D eigenvalue weighted by Crippen LogP contribution is -2.28. The van der Waals surface area contributed by atoms with E-state index in [2.05, 4.69) is 19.1 Å². The molecule has 0 saturated heterocycles. The molecule has 0 radical (unpaired) electrons. The molecule has 0 unspecified atom stereocenters. The molecule has 0 bridgehead atoms. The van der Waals surface area contributed by atoms with E-state index in [0.717, 1.165) is 16.9 Å². The first-order valence-corrected chi connectivity index (χ1v) is 7.70. The molecule has 0 spiro atoms. The number of carbonyl (C=O) groups excluding carboxylic acids is 1. The van der Waals surface area contributed by atoms with Gasteiger partial charge in [0.1, 0.15) is 5.76 Å². The van der Waals surface area contributed by atoms with Crippen molar-refractivity contribution in [3.63, 3.8) is 0 Å². The van der Waals surface area contributed by atoms with Crippen LogP contribution >= 0.6 is 0 Å². The van der Waals surface area contributed by atoms with Crippen molar-refractivity contribution in [2.24, 2.45) is 0 Å². The predicted octanol–water partition coefficient (Wildman–Crippen LogP) is 4.93. The number of likely N-dealkylation sites (N-methyl/N-ethyl adjacent to an activating group) is 1. The largest absolute Gasteiger partial charge is 0.464 e. The molecule has 1 aromatic heterocycles. The Hall–Kier alpha value is -2.55. The molecule has 1 aromatic carbocycles. The Labute approximate surface area is 137 Å². The van der Waals surface area contributed by atoms with E-state index in [9.17, 15) is 4.79 Å². The van der Waals surface area contributed by atoms with Crippen LogP contribution in [0.3, 0.4) is 0 Å². The van der Waals surface area contributed by atoms with Gasteiger partial charge in [-0.15, -0.1) is 0 Å². The van der Waals surface area contributed by atoms with Gasteiger partial charge in [-0.05, 0) is 45.0 Å². The minimum absolute atomic E-state index is 0.0156. The van der Waals surface area contributed by atoms with E-state index < -0.39 is 0 Å². The summed E-state index contributed by atoms with van der Waals surface area (Å²) in [7, 11) is 1.82. The van der Waals surface area contributed by atoms with E-state index in [4.69, 9.17) is 4.42 Å². The molecular weight excluding hydrogens is 286 g/mol. The summed E-state index contributed by atoms with van der Waals surface area (Å²) in [6.45, 7) is 6.72. The van der Waals surface area contributed by atoms with Crippen LogP contribution in [0.1, 0.15) is 31.1 Å². The van der Waals surface area contributed by atoms with Gasteiger partial charge in [0.2, 0.25) is 0 Å². The standard InChI is InChI=1S/C20H23NO2/c1-5-15(2)13-16(3)14-21(4)20(22)18-10-8-17(9-11-18)19-7-6-12-23-19/h5-13H,14H2,1-4H3. The Kier molecular flexibility index (Phi) is 5.58. The van der Waals surface area contributed by atoms with Gasteiger partial charge in [0.15, 0.2) is 0 Å². The van der Waals surface area contributed by atoms with Gasteiger partial charge < -0.3 is 9.32 Å². The number of rotatable bonds is 5. The number of hydrogen-bond donors (Lipinski definition) is 0. The van der Waals surface area contributed by atoms with Crippen LogP contribution in [0.2, 0.25) is 0 Å². The lowest BCUT2D eigenvalue weighted by molar-refractivity contribution is 0.0807. The smallest absolute Gasteiger partial charge is 0.253 e. The summed E-state index contributed by atoms with van der Waals surface area (Å²) < 4.78 is 5.36. The maximum atomic E-state index is 12.5. The molecule has 0 aliphatic carbocycles. The zero-order chi connectivity index (χ0) is 16.8. The molecule has 0 aliphatic rings. The highest BCUT2D eigenvalue weighted by Gasteiger charge is 2.12. The van der Waals surface area contributed by atoms with Crippen molar-refractivity contribution in [1.82, 2.24) is 4.90 Å². The summed E-state index contributed by atoms with van der Waals surface area (Å²) >= 11 is 0. The monoisotopic (exact) mass is 309 g/mol. The average Bonchev–Trinajstić information content (AvgIpc) is 3.08. The number of benzene rings is 1. The molecule has 3 nitrogen and oxygen atoms in total. The minimum atomic E-state index is 0.0156. The first-order chi connectivity index (χ1) is 11.0. The molecule has 1 heterocycles. The number of hydrogen-bond acceptors (Lipinski definition) is 2. The third-order valence-electron chi connectivity index (χ3n) is 3.70. The highest BCUT2D eigenvalue weighted by atomic mass is 16.3. The Morgan fingerprint density at radius 3 is 2.43 bits per heavy atom. The summed E-state index contributed by atoms with van der Waals surface area (Å²) in [6.07, 6.45) is 5.80. The summed E-state index contributed by atoms with van der Waals surface area (Å²) in [6, 6.07) is 11.3. The third-order valence-corrected chi connectivity index (χ3v) is 3.70. The van der Waals surface area contributed by atoms with Gasteiger partial charge in [-0.2, -0.15) is 0 Å². The van der Waals surface area contributed by atoms with Crippen LogP contribution in [0.4, 0.5) is 0 Å². The quantitative estimate of drug-likeness (QED) is 0.734. The molecule has 0 N–H and O–H groups in total. The third kappa shape index (κ3) is 4.46. The molecule has 0 atom stereocenters. The number of furan rings is 1. The van der Waals surface area contributed by atoms with Gasteiger partial charge >= 0.3 is 0 Å². The fourth-order valence-corrected chi connectivity index (χ4v) is 2.40. The molecular formula is C20H23NO2. The van der Waals surface area contributed by atoms with Crippen molar-refractivity contribution in [3.05, 3.63) is 71.5 Å². The fourth-order valence-electron chi connectivity index (χ4n) is 2.40. The number of allylic oxidation sites excluding steroid dienone is 3. The van der Waals surface area contributed by atoms with Crippen LogP contribution in [0, 0.1) is 0 Å². The summed E-state index contributed by atoms with van der Waals surface area (Å²) in [4.78, 5) is 14.2. The van der Waals surface area contributed by atoms with Gasteiger partial charge in [0.25, 0.3) is 5.91 Å². The predicted molar refractivity (Wildman–Crippen MR) is 94.3 cm³/mol. The number of nitrogens with zero attached hydrogens (tertiary/aromatic N) is 1. The molecule has 120 valence electrons. The highest BCUT2D eigenvalue weighted by Crippen LogP contribution is 2.20. The molecule has 0 saturated carbocycles. The summed E-state index contributed by atoms with van der Waals surface area (Å²) in [5.74, 6) is 0.819. The van der Waals surface area contributed by atoms with Crippen molar-refractivity contribution in [2.75, 3.05) is 13.6 Å². The Morgan fingerprint density at radius 1 is 1.17 bits per heavy atom. The Morgan fingerprint density at radius 2 is 1.87 bits per heavy atom. The average molecular weight is 309 g/mol. The van der Waals surface area contributed by atoms with Crippen molar-refractivity contribution >= 4 is 5.91 Å². The van der Waals surface area contributed by atoms with Gasteiger partial charge in [-0.1, -0.05) is 35.4 Å². The van der Waals surface area contributed by atoms with Crippen LogP contribution in [0.25, 0.3) is 11.3 Å². The van der Waals surface area contributed by atoms with E-state index in [0.29, 0.717) is 12.1 Å². The summed E-state index contributed by atoms with van der Waals surface area (Å²) in [5, 5.41) is 0. The number of amides is 1. The van der Waals surface area contributed by atoms with E-state index >= 15 is 0 Å².